The summed E-state index contributed by atoms with van der Waals surface area (Å²) in [6.07, 6.45) is 8.42. The van der Waals surface area contributed by atoms with Gasteiger partial charge in [-0.3, -0.25) is 0 Å². The molecular formula is C18H28O2. The lowest BCUT2D eigenvalue weighted by Crippen LogP contribution is -2.16. The van der Waals surface area contributed by atoms with Gasteiger partial charge in [-0.2, -0.15) is 0 Å². The highest BCUT2D eigenvalue weighted by Gasteiger charge is 2.14. The van der Waals surface area contributed by atoms with Gasteiger partial charge in [0.15, 0.2) is 0 Å². The van der Waals surface area contributed by atoms with E-state index >= 15 is 0 Å². The van der Waals surface area contributed by atoms with Crippen LogP contribution >= 0.6 is 0 Å². The Hall–Kier alpha value is -0.860. The monoisotopic (exact) mass is 276 g/mol. The molecule has 20 heavy (non-hydrogen) atoms. The lowest BCUT2D eigenvalue weighted by molar-refractivity contribution is 0.0146. The Morgan fingerprint density at radius 1 is 1.15 bits per heavy atom. The molecule has 1 unspecified atom stereocenters. The van der Waals surface area contributed by atoms with E-state index in [-0.39, 0.29) is 0 Å². The molecule has 2 nitrogen and oxygen atoms in total. The van der Waals surface area contributed by atoms with Gasteiger partial charge in [0.2, 0.25) is 0 Å². The molecule has 0 spiro atoms. The third-order valence-corrected chi connectivity index (χ3v) is 4.26. The zero-order chi connectivity index (χ0) is 14.2. The standard InChI is InChI=1S/C18H28O2/c1-2-6-15-9-11-17(12-10-15)18(19)14-20-13-16-7-4-3-5-8-16/h9-12,16,18-19H,2-8,13-14H2,1H3. The number of rotatable bonds is 7. The molecule has 1 N–H and O–H groups in total. The van der Waals surface area contributed by atoms with E-state index in [0.29, 0.717) is 12.5 Å². The number of aliphatic hydroxyl groups excluding tert-OH is 1. The Morgan fingerprint density at radius 2 is 1.85 bits per heavy atom. The molecule has 0 radical (unpaired) electrons. The molecule has 0 saturated heterocycles. The zero-order valence-corrected chi connectivity index (χ0v) is 12.7. The van der Waals surface area contributed by atoms with E-state index < -0.39 is 6.10 Å². The summed E-state index contributed by atoms with van der Waals surface area (Å²) in [7, 11) is 0. The Labute approximate surface area is 123 Å². The van der Waals surface area contributed by atoms with Crippen molar-refractivity contribution in [1.29, 1.82) is 0 Å². The van der Waals surface area contributed by atoms with Gasteiger partial charge in [-0.15, -0.1) is 0 Å². The third-order valence-electron chi connectivity index (χ3n) is 4.26. The molecule has 1 aromatic rings. The van der Waals surface area contributed by atoms with Gasteiger partial charge in [0, 0.05) is 6.61 Å². The fourth-order valence-electron chi connectivity index (χ4n) is 2.99. The van der Waals surface area contributed by atoms with E-state index in [2.05, 4.69) is 19.1 Å². The Bertz CT molecular complexity index is 366. The van der Waals surface area contributed by atoms with E-state index in [1.165, 1.54) is 37.7 Å². The quantitative estimate of drug-likeness (QED) is 0.806. The van der Waals surface area contributed by atoms with Crippen LogP contribution in [-0.4, -0.2) is 18.3 Å². The first-order valence-electron chi connectivity index (χ1n) is 8.14. The van der Waals surface area contributed by atoms with Crippen LogP contribution in [0.5, 0.6) is 0 Å². The summed E-state index contributed by atoms with van der Waals surface area (Å²) in [5.74, 6) is 0.711. The molecule has 2 rings (SSSR count). The van der Waals surface area contributed by atoms with Gasteiger partial charge in [-0.05, 0) is 36.3 Å². The molecule has 1 aromatic carbocycles. The fraction of sp³-hybridized carbons (Fsp3) is 0.667. The van der Waals surface area contributed by atoms with Gasteiger partial charge < -0.3 is 9.84 Å². The summed E-state index contributed by atoms with van der Waals surface area (Å²) in [4.78, 5) is 0. The van der Waals surface area contributed by atoms with Gasteiger partial charge in [0.25, 0.3) is 0 Å². The molecule has 0 aromatic heterocycles. The average Bonchev–Trinajstić information content (AvgIpc) is 2.49. The lowest BCUT2D eigenvalue weighted by atomic mass is 9.90. The number of hydrogen-bond donors (Lipinski definition) is 1. The Balaban J connectivity index is 1.71. The van der Waals surface area contributed by atoms with Gasteiger partial charge in [-0.25, -0.2) is 0 Å². The normalized spacial score (nSPS) is 18.1. The second kappa shape index (κ2) is 8.43. The van der Waals surface area contributed by atoms with Crippen LogP contribution in [0.2, 0.25) is 0 Å². The van der Waals surface area contributed by atoms with Crippen LogP contribution in [0, 0.1) is 5.92 Å². The topological polar surface area (TPSA) is 29.5 Å². The molecule has 112 valence electrons. The summed E-state index contributed by atoms with van der Waals surface area (Å²) in [5.41, 5.74) is 2.31. The van der Waals surface area contributed by atoms with Crippen molar-refractivity contribution in [2.45, 2.75) is 58.0 Å². The number of ether oxygens (including phenoxy) is 1. The maximum Gasteiger partial charge on any atom is 0.102 e. The SMILES string of the molecule is CCCc1ccc(C(O)COCC2CCCCC2)cc1. The van der Waals surface area contributed by atoms with Crippen molar-refractivity contribution in [3.05, 3.63) is 35.4 Å². The highest BCUT2D eigenvalue weighted by molar-refractivity contribution is 5.24. The minimum atomic E-state index is -0.491. The number of aryl methyl sites for hydroxylation is 1. The van der Waals surface area contributed by atoms with Crippen molar-refractivity contribution < 1.29 is 9.84 Å². The van der Waals surface area contributed by atoms with Gasteiger partial charge in [0.05, 0.1) is 6.61 Å². The van der Waals surface area contributed by atoms with Crippen molar-refractivity contribution in [2.24, 2.45) is 5.92 Å². The van der Waals surface area contributed by atoms with Crippen molar-refractivity contribution in [3.63, 3.8) is 0 Å². The third kappa shape index (κ3) is 4.92. The van der Waals surface area contributed by atoms with E-state index in [1.54, 1.807) is 0 Å². The highest BCUT2D eigenvalue weighted by atomic mass is 16.5. The first-order chi connectivity index (χ1) is 9.79. The Morgan fingerprint density at radius 3 is 2.50 bits per heavy atom. The smallest absolute Gasteiger partial charge is 0.102 e. The largest absolute Gasteiger partial charge is 0.386 e. The molecule has 1 aliphatic carbocycles. The molecule has 1 aliphatic rings. The molecule has 0 heterocycles. The first-order valence-corrected chi connectivity index (χ1v) is 8.14. The summed E-state index contributed by atoms with van der Waals surface area (Å²) in [6, 6.07) is 8.28. The molecule has 1 saturated carbocycles. The number of benzene rings is 1. The van der Waals surface area contributed by atoms with Crippen LogP contribution in [0.3, 0.4) is 0 Å². The first kappa shape index (κ1) is 15.5. The van der Waals surface area contributed by atoms with Crippen molar-refractivity contribution in [2.75, 3.05) is 13.2 Å². The summed E-state index contributed by atoms with van der Waals surface area (Å²) >= 11 is 0. The summed E-state index contributed by atoms with van der Waals surface area (Å²) in [5, 5.41) is 10.1. The molecule has 0 aliphatic heterocycles. The van der Waals surface area contributed by atoms with Crippen LogP contribution in [0.25, 0.3) is 0 Å². The van der Waals surface area contributed by atoms with Gasteiger partial charge in [-0.1, -0.05) is 56.9 Å². The van der Waals surface area contributed by atoms with Crippen molar-refractivity contribution in [3.8, 4) is 0 Å². The second-order valence-electron chi connectivity index (χ2n) is 6.05. The predicted molar refractivity (Wildman–Crippen MR) is 82.8 cm³/mol. The van der Waals surface area contributed by atoms with E-state index in [9.17, 15) is 5.11 Å². The molecule has 2 heteroatoms. The molecular weight excluding hydrogens is 248 g/mol. The predicted octanol–water partition coefficient (Wildman–Crippen LogP) is 4.27. The maximum absolute atomic E-state index is 10.1. The zero-order valence-electron chi connectivity index (χ0n) is 12.7. The van der Waals surface area contributed by atoms with E-state index in [1.807, 2.05) is 12.1 Å². The van der Waals surface area contributed by atoms with E-state index in [0.717, 1.165) is 25.0 Å². The Kier molecular flexibility index (Phi) is 6.55. The van der Waals surface area contributed by atoms with Crippen LogP contribution in [0.1, 0.15) is 62.7 Å². The average molecular weight is 276 g/mol. The minimum Gasteiger partial charge on any atom is -0.386 e. The molecule has 1 atom stereocenters. The maximum atomic E-state index is 10.1. The van der Waals surface area contributed by atoms with Crippen LogP contribution in [-0.2, 0) is 11.2 Å². The highest BCUT2D eigenvalue weighted by Crippen LogP contribution is 2.24. The summed E-state index contributed by atoms with van der Waals surface area (Å²) in [6.45, 7) is 3.41. The molecule has 0 amide bonds. The molecule has 1 fully saturated rings. The fourth-order valence-corrected chi connectivity index (χ4v) is 2.99. The van der Waals surface area contributed by atoms with Crippen molar-refractivity contribution >= 4 is 0 Å². The van der Waals surface area contributed by atoms with Crippen LogP contribution in [0.15, 0.2) is 24.3 Å². The number of hydrogen-bond acceptors (Lipinski definition) is 2. The lowest BCUT2D eigenvalue weighted by Gasteiger charge is -2.22. The van der Waals surface area contributed by atoms with Crippen LogP contribution in [0.4, 0.5) is 0 Å². The number of aliphatic hydroxyl groups is 1. The minimum absolute atomic E-state index is 0.420. The van der Waals surface area contributed by atoms with Crippen molar-refractivity contribution in [1.82, 2.24) is 0 Å². The van der Waals surface area contributed by atoms with Gasteiger partial charge in [0.1, 0.15) is 6.10 Å². The van der Waals surface area contributed by atoms with Crippen LogP contribution < -0.4 is 0 Å². The summed E-state index contributed by atoms with van der Waals surface area (Å²) < 4.78 is 5.72. The van der Waals surface area contributed by atoms with Gasteiger partial charge >= 0.3 is 0 Å². The second-order valence-corrected chi connectivity index (χ2v) is 6.05. The molecule has 0 bridgehead atoms. The van der Waals surface area contributed by atoms with E-state index in [4.69, 9.17) is 4.74 Å².